The maximum absolute atomic E-state index is 13.2. The Kier molecular flexibility index (Phi) is 7.32. The molecular formula is C21H24Cl2N2O3. The topological polar surface area (TPSA) is 72.8 Å². The number of hydrogen-bond donors (Lipinski definition) is 3. The quantitative estimate of drug-likeness (QED) is 0.637. The van der Waals surface area contributed by atoms with Crippen molar-refractivity contribution in [3.05, 3.63) is 64.1 Å². The van der Waals surface area contributed by atoms with E-state index in [1.54, 1.807) is 18.2 Å². The van der Waals surface area contributed by atoms with Crippen molar-refractivity contribution < 1.29 is 15.0 Å². The molecule has 0 bridgehead atoms. The highest BCUT2D eigenvalue weighted by molar-refractivity contribution is 6.35. The highest BCUT2D eigenvalue weighted by Crippen LogP contribution is 2.32. The van der Waals surface area contributed by atoms with E-state index in [1.807, 2.05) is 30.3 Å². The van der Waals surface area contributed by atoms with Crippen LogP contribution in [0.15, 0.2) is 48.5 Å². The Morgan fingerprint density at radius 1 is 1.11 bits per heavy atom. The number of likely N-dealkylation sites (tertiary alicyclic amines) is 1. The summed E-state index contributed by atoms with van der Waals surface area (Å²) in [5.74, 6) is -0.194. The molecule has 0 unspecified atom stereocenters. The Bertz CT molecular complexity index is 779. The van der Waals surface area contributed by atoms with E-state index in [-0.39, 0.29) is 31.0 Å². The minimum Gasteiger partial charge on any atom is -0.396 e. The van der Waals surface area contributed by atoms with Crippen LogP contribution in [0.4, 0.5) is 5.69 Å². The molecule has 2 aromatic rings. The van der Waals surface area contributed by atoms with E-state index in [0.717, 1.165) is 12.0 Å². The van der Waals surface area contributed by atoms with Crippen molar-refractivity contribution >= 4 is 34.8 Å². The Hall–Kier alpha value is -1.63. The van der Waals surface area contributed by atoms with E-state index in [9.17, 15) is 15.0 Å². The number of nitrogens with zero attached hydrogens (tertiary/aromatic N) is 1. The van der Waals surface area contributed by atoms with Gasteiger partial charge in [0, 0.05) is 41.4 Å². The van der Waals surface area contributed by atoms with Gasteiger partial charge in [0.1, 0.15) is 6.04 Å². The van der Waals surface area contributed by atoms with Gasteiger partial charge in [-0.3, -0.25) is 9.69 Å². The lowest BCUT2D eigenvalue weighted by atomic mass is 9.93. The molecule has 0 spiro atoms. The number of halogens is 2. The third-order valence-electron chi connectivity index (χ3n) is 5.25. The molecule has 0 aromatic heterocycles. The Balaban J connectivity index is 1.83. The van der Waals surface area contributed by atoms with Gasteiger partial charge in [0.25, 0.3) is 0 Å². The van der Waals surface area contributed by atoms with E-state index < -0.39 is 6.04 Å². The summed E-state index contributed by atoms with van der Waals surface area (Å²) in [4.78, 5) is 15.3. The maximum atomic E-state index is 13.2. The molecule has 0 saturated carbocycles. The fourth-order valence-corrected chi connectivity index (χ4v) is 4.32. The zero-order chi connectivity index (χ0) is 20.1. The van der Waals surface area contributed by atoms with E-state index in [1.165, 1.54) is 0 Å². The van der Waals surface area contributed by atoms with Crippen molar-refractivity contribution in [1.82, 2.24) is 4.90 Å². The summed E-state index contributed by atoms with van der Waals surface area (Å²) < 4.78 is 0. The van der Waals surface area contributed by atoms with Gasteiger partial charge in [-0.25, -0.2) is 0 Å². The largest absolute Gasteiger partial charge is 0.396 e. The lowest BCUT2D eigenvalue weighted by Crippen LogP contribution is -2.37. The van der Waals surface area contributed by atoms with Crippen LogP contribution in [0.2, 0.25) is 10.0 Å². The van der Waals surface area contributed by atoms with Crippen LogP contribution in [0.1, 0.15) is 18.0 Å². The number of amides is 1. The number of rotatable bonds is 7. The predicted molar refractivity (Wildman–Crippen MR) is 112 cm³/mol. The van der Waals surface area contributed by atoms with E-state index in [2.05, 4.69) is 10.2 Å². The van der Waals surface area contributed by atoms with Crippen LogP contribution in [0, 0.1) is 11.8 Å². The number of nitrogens with one attached hydrogen (secondary N) is 1. The molecule has 7 heteroatoms. The molecule has 5 nitrogen and oxygen atoms in total. The summed E-state index contributed by atoms with van der Waals surface area (Å²) >= 11 is 12.1. The molecule has 1 aliphatic heterocycles. The molecule has 1 amide bonds. The highest BCUT2D eigenvalue weighted by Gasteiger charge is 2.36. The second-order valence-corrected chi connectivity index (χ2v) is 8.00. The van der Waals surface area contributed by atoms with Crippen molar-refractivity contribution in [2.75, 3.05) is 31.6 Å². The molecule has 1 aliphatic rings. The first-order valence-corrected chi connectivity index (χ1v) is 10.0. The van der Waals surface area contributed by atoms with E-state index >= 15 is 0 Å². The molecule has 150 valence electrons. The van der Waals surface area contributed by atoms with Gasteiger partial charge in [-0.15, -0.1) is 0 Å². The normalized spacial score (nSPS) is 18.4. The fourth-order valence-electron chi connectivity index (χ4n) is 3.79. The monoisotopic (exact) mass is 422 g/mol. The minimum absolute atomic E-state index is 0.0573. The second kappa shape index (κ2) is 9.72. The van der Waals surface area contributed by atoms with Crippen molar-refractivity contribution in [3.8, 4) is 0 Å². The molecule has 3 N–H and O–H groups in total. The summed E-state index contributed by atoms with van der Waals surface area (Å²) in [5, 5.41) is 22.8. The van der Waals surface area contributed by atoms with Crippen LogP contribution in [0.3, 0.4) is 0 Å². The van der Waals surface area contributed by atoms with Gasteiger partial charge in [-0.05, 0) is 42.6 Å². The SMILES string of the molecule is O=C(Nc1cc(Cl)cc(Cl)c1)[C@H](c1ccccc1)N1CC[C@H](C(CO)CO)C1. The van der Waals surface area contributed by atoms with Gasteiger partial charge in [0.05, 0.1) is 0 Å². The van der Waals surface area contributed by atoms with Crippen LogP contribution in [0.25, 0.3) is 0 Å². The zero-order valence-corrected chi connectivity index (χ0v) is 16.9. The number of carbonyl (C=O) groups excluding carboxylic acids is 1. The fraction of sp³-hybridized carbons (Fsp3) is 0.381. The molecular weight excluding hydrogens is 399 g/mol. The van der Waals surface area contributed by atoms with E-state index in [4.69, 9.17) is 23.2 Å². The average Bonchev–Trinajstić information content (AvgIpc) is 3.12. The molecule has 0 radical (unpaired) electrons. The lowest BCUT2D eigenvalue weighted by Gasteiger charge is -2.28. The third-order valence-corrected chi connectivity index (χ3v) is 5.69. The highest BCUT2D eigenvalue weighted by atomic mass is 35.5. The number of anilines is 1. The third kappa shape index (κ3) is 5.04. The van der Waals surface area contributed by atoms with Gasteiger partial charge >= 0.3 is 0 Å². The number of aliphatic hydroxyl groups excluding tert-OH is 2. The Labute approximate surface area is 174 Å². The van der Waals surface area contributed by atoms with Crippen molar-refractivity contribution in [1.29, 1.82) is 0 Å². The van der Waals surface area contributed by atoms with Gasteiger partial charge in [-0.1, -0.05) is 53.5 Å². The number of aliphatic hydroxyl groups is 2. The summed E-state index contributed by atoms with van der Waals surface area (Å²) in [7, 11) is 0. The van der Waals surface area contributed by atoms with Crippen LogP contribution in [0.5, 0.6) is 0 Å². The molecule has 0 aliphatic carbocycles. The summed E-state index contributed by atoms with van der Waals surface area (Å²) in [5.41, 5.74) is 1.43. The molecule has 28 heavy (non-hydrogen) atoms. The smallest absolute Gasteiger partial charge is 0.246 e. The van der Waals surface area contributed by atoms with Gasteiger partial charge in [-0.2, -0.15) is 0 Å². The standard InChI is InChI=1S/C21H24Cl2N2O3/c22-17-8-18(23)10-19(9-17)24-21(28)20(14-4-2-1-3-5-14)25-7-6-15(11-25)16(12-26)13-27/h1-5,8-10,15-16,20,26-27H,6-7,11-13H2,(H,24,28)/t15-,20-/m0/s1. The molecule has 1 fully saturated rings. The van der Waals surface area contributed by atoms with Crippen molar-refractivity contribution in [3.63, 3.8) is 0 Å². The first-order chi connectivity index (χ1) is 13.5. The Morgan fingerprint density at radius 2 is 1.75 bits per heavy atom. The molecule has 1 saturated heterocycles. The summed E-state index contributed by atoms with van der Waals surface area (Å²) in [6.45, 7) is 1.23. The second-order valence-electron chi connectivity index (χ2n) is 7.13. The summed E-state index contributed by atoms with van der Waals surface area (Å²) in [6.07, 6.45) is 0.825. The van der Waals surface area contributed by atoms with E-state index in [0.29, 0.717) is 28.8 Å². The average molecular weight is 423 g/mol. The molecule has 2 atom stereocenters. The van der Waals surface area contributed by atoms with Gasteiger partial charge < -0.3 is 15.5 Å². The summed E-state index contributed by atoms with van der Waals surface area (Å²) in [6, 6.07) is 14.0. The molecule has 2 aromatic carbocycles. The first-order valence-electron chi connectivity index (χ1n) is 9.29. The number of carbonyl (C=O) groups is 1. The lowest BCUT2D eigenvalue weighted by molar-refractivity contribution is -0.121. The number of benzene rings is 2. The molecule has 1 heterocycles. The van der Waals surface area contributed by atoms with Crippen LogP contribution < -0.4 is 5.32 Å². The van der Waals surface area contributed by atoms with Gasteiger partial charge in [0.15, 0.2) is 0 Å². The Morgan fingerprint density at radius 3 is 2.36 bits per heavy atom. The van der Waals surface area contributed by atoms with Gasteiger partial charge in [0.2, 0.25) is 5.91 Å². The van der Waals surface area contributed by atoms with Crippen LogP contribution in [-0.4, -0.2) is 47.3 Å². The maximum Gasteiger partial charge on any atom is 0.246 e. The van der Waals surface area contributed by atoms with Crippen LogP contribution in [-0.2, 0) is 4.79 Å². The minimum atomic E-state index is -0.484. The number of hydrogen-bond acceptors (Lipinski definition) is 4. The molecule has 3 rings (SSSR count). The predicted octanol–water partition coefficient (Wildman–Crippen LogP) is 3.60. The van der Waals surface area contributed by atoms with Crippen molar-refractivity contribution in [2.24, 2.45) is 11.8 Å². The van der Waals surface area contributed by atoms with Crippen LogP contribution >= 0.6 is 23.2 Å². The van der Waals surface area contributed by atoms with Crippen molar-refractivity contribution in [2.45, 2.75) is 12.5 Å². The first kappa shape index (κ1) is 21.1. The zero-order valence-electron chi connectivity index (χ0n) is 15.4.